The first-order valence-electron chi connectivity index (χ1n) is 9.84. The molecule has 2 aromatic rings. The van der Waals surface area contributed by atoms with Gasteiger partial charge < -0.3 is 24.6 Å². The third-order valence-electron chi connectivity index (χ3n) is 4.22. The predicted octanol–water partition coefficient (Wildman–Crippen LogP) is 1.74. The Morgan fingerprint density at radius 2 is 1.45 bits per heavy atom. The summed E-state index contributed by atoms with van der Waals surface area (Å²) in [6.07, 6.45) is -2.59. The number of aliphatic hydroxyl groups excluding tert-OH is 1. The summed E-state index contributed by atoms with van der Waals surface area (Å²) in [7, 11) is 0. The molecule has 0 bridgehead atoms. The Morgan fingerprint density at radius 1 is 0.903 bits per heavy atom. The summed E-state index contributed by atoms with van der Waals surface area (Å²) in [6, 6.07) is 17.0. The standard InChI is InChI=1S/C23H27NO7/c1-16(25)21(24-17(2)26)23(28)31-20(15-29-13-18-9-5-3-6-10-18)22(27)30-14-19-11-7-4-8-12-19/h3-12,16,20-21,25H,13-15H2,1-2H3,(H,24,26)/t16-,20-,21-/m1/s1. The van der Waals surface area contributed by atoms with Crippen LogP contribution in [0.1, 0.15) is 25.0 Å². The van der Waals surface area contributed by atoms with Crippen LogP contribution in [0.4, 0.5) is 0 Å². The second-order valence-corrected chi connectivity index (χ2v) is 6.94. The molecule has 0 saturated carbocycles. The van der Waals surface area contributed by atoms with Crippen LogP contribution in [0.3, 0.4) is 0 Å². The van der Waals surface area contributed by atoms with Gasteiger partial charge in [-0.25, -0.2) is 9.59 Å². The van der Waals surface area contributed by atoms with E-state index >= 15 is 0 Å². The summed E-state index contributed by atoms with van der Waals surface area (Å²) in [4.78, 5) is 36.4. The number of ether oxygens (including phenoxy) is 3. The first kappa shape index (κ1) is 24.0. The zero-order valence-corrected chi connectivity index (χ0v) is 17.5. The number of carbonyl (C=O) groups is 3. The highest BCUT2D eigenvalue weighted by Gasteiger charge is 2.32. The van der Waals surface area contributed by atoms with Crippen LogP contribution in [0.15, 0.2) is 60.7 Å². The largest absolute Gasteiger partial charge is 0.458 e. The molecule has 0 heterocycles. The number of amides is 1. The predicted molar refractivity (Wildman–Crippen MR) is 112 cm³/mol. The van der Waals surface area contributed by atoms with Crippen LogP contribution >= 0.6 is 0 Å². The van der Waals surface area contributed by atoms with Gasteiger partial charge in [0, 0.05) is 6.92 Å². The van der Waals surface area contributed by atoms with Crippen molar-refractivity contribution < 1.29 is 33.7 Å². The maximum atomic E-state index is 12.6. The fourth-order valence-electron chi connectivity index (χ4n) is 2.64. The van der Waals surface area contributed by atoms with Crippen LogP contribution in [0.5, 0.6) is 0 Å². The van der Waals surface area contributed by atoms with Crippen molar-refractivity contribution in [2.75, 3.05) is 6.61 Å². The van der Waals surface area contributed by atoms with Gasteiger partial charge in [0.15, 0.2) is 6.04 Å². The zero-order valence-electron chi connectivity index (χ0n) is 17.5. The van der Waals surface area contributed by atoms with Crippen LogP contribution in [0, 0.1) is 0 Å². The summed E-state index contributed by atoms with van der Waals surface area (Å²) >= 11 is 0. The minimum absolute atomic E-state index is 0.00205. The maximum absolute atomic E-state index is 12.6. The molecule has 0 radical (unpaired) electrons. The number of esters is 2. The molecule has 0 fully saturated rings. The highest BCUT2D eigenvalue weighted by molar-refractivity contribution is 5.86. The fourth-order valence-corrected chi connectivity index (χ4v) is 2.64. The number of hydrogen-bond acceptors (Lipinski definition) is 7. The number of hydrogen-bond donors (Lipinski definition) is 2. The molecule has 3 atom stereocenters. The summed E-state index contributed by atoms with van der Waals surface area (Å²) in [5.74, 6) is -2.28. The van der Waals surface area contributed by atoms with Crippen molar-refractivity contribution in [2.24, 2.45) is 0 Å². The van der Waals surface area contributed by atoms with E-state index in [1.807, 2.05) is 48.5 Å². The van der Waals surface area contributed by atoms with E-state index in [0.717, 1.165) is 11.1 Å². The fraction of sp³-hybridized carbons (Fsp3) is 0.348. The molecule has 0 saturated heterocycles. The SMILES string of the molecule is CC(=O)N[C@@H](C(=O)O[C@H](COCc1ccccc1)C(=O)OCc1ccccc1)[C@@H](C)O. The summed E-state index contributed by atoms with van der Waals surface area (Å²) < 4.78 is 16.1. The average molecular weight is 429 g/mol. The number of benzene rings is 2. The minimum Gasteiger partial charge on any atom is -0.458 e. The quantitative estimate of drug-likeness (QED) is 0.524. The van der Waals surface area contributed by atoms with Crippen LogP contribution < -0.4 is 5.32 Å². The van der Waals surface area contributed by atoms with Crippen LogP contribution in [-0.4, -0.2) is 47.8 Å². The van der Waals surface area contributed by atoms with Gasteiger partial charge in [0.25, 0.3) is 0 Å². The van der Waals surface area contributed by atoms with Crippen molar-refractivity contribution in [3.63, 3.8) is 0 Å². The maximum Gasteiger partial charge on any atom is 0.350 e. The second-order valence-electron chi connectivity index (χ2n) is 6.94. The molecule has 166 valence electrons. The van der Waals surface area contributed by atoms with Crippen molar-refractivity contribution in [2.45, 2.75) is 45.3 Å². The number of aliphatic hydroxyl groups is 1. The van der Waals surface area contributed by atoms with Gasteiger partial charge in [-0.1, -0.05) is 60.7 Å². The van der Waals surface area contributed by atoms with E-state index in [2.05, 4.69) is 5.32 Å². The molecule has 0 unspecified atom stereocenters. The van der Waals surface area contributed by atoms with E-state index in [1.54, 1.807) is 12.1 Å². The van der Waals surface area contributed by atoms with Crippen LogP contribution in [0.25, 0.3) is 0 Å². The molecule has 0 aliphatic heterocycles. The van der Waals surface area contributed by atoms with Crippen LogP contribution in [0.2, 0.25) is 0 Å². The van der Waals surface area contributed by atoms with Crippen molar-refractivity contribution >= 4 is 17.8 Å². The molecule has 1 amide bonds. The highest BCUT2D eigenvalue weighted by Crippen LogP contribution is 2.09. The van der Waals surface area contributed by atoms with Crippen molar-refractivity contribution in [1.29, 1.82) is 0 Å². The van der Waals surface area contributed by atoms with E-state index in [1.165, 1.54) is 13.8 Å². The third-order valence-corrected chi connectivity index (χ3v) is 4.22. The lowest BCUT2D eigenvalue weighted by Crippen LogP contribution is -2.50. The molecule has 0 aliphatic carbocycles. The molecular formula is C23H27NO7. The summed E-state index contributed by atoms with van der Waals surface area (Å²) in [5.41, 5.74) is 1.65. The van der Waals surface area contributed by atoms with E-state index in [0.29, 0.717) is 0 Å². The smallest absolute Gasteiger partial charge is 0.350 e. The van der Waals surface area contributed by atoms with Crippen molar-refractivity contribution in [1.82, 2.24) is 5.32 Å². The van der Waals surface area contributed by atoms with Crippen molar-refractivity contribution in [3.8, 4) is 0 Å². The lowest BCUT2D eigenvalue weighted by atomic mass is 10.2. The van der Waals surface area contributed by atoms with Gasteiger partial charge in [0.2, 0.25) is 12.0 Å². The highest BCUT2D eigenvalue weighted by atomic mass is 16.6. The first-order chi connectivity index (χ1) is 14.9. The molecule has 2 aromatic carbocycles. The summed E-state index contributed by atoms with van der Waals surface area (Å²) in [5, 5.41) is 12.1. The van der Waals surface area contributed by atoms with Crippen molar-refractivity contribution in [3.05, 3.63) is 71.8 Å². The molecule has 31 heavy (non-hydrogen) atoms. The monoisotopic (exact) mass is 429 g/mol. The van der Waals surface area contributed by atoms with Gasteiger partial charge in [-0.15, -0.1) is 0 Å². The molecule has 0 aliphatic rings. The molecule has 0 aromatic heterocycles. The Bertz CT molecular complexity index is 840. The number of carbonyl (C=O) groups excluding carboxylic acids is 3. The summed E-state index contributed by atoms with van der Waals surface area (Å²) in [6.45, 7) is 2.49. The van der Waals surface area contributed by atoms with E-state index in [4.69, 9.17) is 14.2 Å². The molecule has 2 rings (SSSR count). The molecule has 8 heteroatoms. The number of rotatable bonds is 11. The lowest BCUT2D eigenvalue weighted by Gasteiger charge is -2.23. The van der Waals surface area contributed by atoms with Gasteiger partial charge in [0.1, 0.15) is 6.61 Å². The van der Waals surface area contributed by atoms with Crippen LogP contribution in [-0.2, 0) is 41.8 Å². The van der Waals surface area contributed by atoms with Gasteiger partial charge in [-0.05, 0) is 18.1 Å². The zero-order chi connectivity index (χ0) is 22.6. The minimum atomic E-state index is -1.37. The number of nitrogens with one attached hydrogen (secondary N) is 1. The first-order valence-corrected chi connectivity index (χ1v) is 9.84. The Hall–Kier alpha value is -3.23. The molecule has 0 spiro atoms. The van der Waals surface area contributed by atoms with E-state index in [9.17, 15) is 19.5 Å². The topological polar surface area (TPSA) is 111 Å². The second kappa shape index (κ2) is 12.5. The Labute approximate surface area is 181 Å². The lowest BCUT2D eigenvalue weighted by molar-refractivity contribution is -0.176. The van der Waals surface area contributed by atoms with E-state index in [-0.39, 0.29) is 19.8 Å². The van der Waals surface area contributed by atoms with Gasteiger partial charge in [0.05, 0.1) is 19.3 Å². The van der Waals surface area contributed by atoms with Gasteiger partial charge in [-0.3, -0.25) is 4.79 Å². The Morgan fingerprint density at radius 3 is 1.97 bits per heavy atom. The molecule has 8 nitrogen and oxygen atoms in total. The Balaban J connectivity index is 2.03. The normalized spacial score (nSPS) is 13.5. The third kappa shape index (κ3) is 8.57. The molecular weight excluding hydrogens is 402 g/mol. The van der Waals surface area contributed by atoms with E-state index < -0.39 is 36.1 Å². The van der Waals surface area contributed by atoms with Gasteiger partial charge in [-0.2, -0.15) is 0 Å². The Kier molecular flexibility index (Phi) is 9.67. The average Bonchev–Trinajstić information content (AvgIpc) is 2.76. The molecule has 2 N–H and O–H groups in total. The van der Waals surface area contributed by atoms with Gasteiger partial charge >= 0.3 is 11.9 Å².